The molecule has 2 heterocycles. The van der Waals surface area contributed by atoms with Gasteiger partial charge in [-0.2, -0.15) is 0 Å². The summed E-state index contributed by atoms with van der Waals surface area (Å²) in [6.45, 7) is 5.04. The molecule has 1 aliphatic rings. The van der Waals surface area contributed by atoms with E-state index in [1.807, 2.05) is 42.5 Å². The molecule has 34 heavy (non-hydrogen) atoms. The highest BCUT2D eigenvalue weighted by Crippen LogP contribution is 2.36. The van der Waals surface area contributed by atoms with Gasteiger partial charge in [0.25, 0.3) is 5.91 Å². The summed E-state index contributed by atoms with van der Waals surface area (Å²) in [5.74, 6) is 1.37. The van der Waals surface area contributed by atoms with Crippen LogP contribution >= 0.6 is 11.8 Å². The lowest BCUT2D eigenvalue weighted by Gasteiger charge is -2.30. The molecule has 0 saturated carbocycles. The number of ether oxygens (including phenoxy) is 1. The van der Waals surface area contributed by atoms with Gasteiger partial charge in [0.05, 0.1) is 5.54 Å². The van der Waals surface area contributed by atoms with Crippen molar-refractivity contribution in [2.24, 2.45) is 10.7 Å². The van der Waals surface area contributed by atoms with Gasteiger partial charge in [0.1, 0.15) is 5.75 Å². The third-order valence-electron chi connectivity index (χ3n) is 6.39. The number of amides is 1. The Bertz CT molecular complexity index is 1410. The molecule has 0 aliphatic carbocycles. The summed E-state index contributed by atoms with van der Waals surface area (Å²) in [6, 6.07) is 22.2. The average Bonchev–Trinajstić information content (AvgIpc) is 3.16. The Balaban J connectivity index is 1.30. The van der Waals surface area contributed by atoms with Crippen molar-refractivity contribution in [3.05, 3.63) is 72.3 Å². The fraction of sp³-hybridized carbons (Fsp3) is 0.259. The topological polar surface area (TPSA) is 81.6 Å². The Hall–Kier alpha value is -3.45. The number of rotatable bonds is 6. The van der Waals surface area contributed by atoms with Gasteiger partial charge in [-0.05, 0) is 62.2 Å². The van der Waals surface area contributed by atoms with Crippen molar-refractivity contribution in [3.63, 3.8) is 0 Å². The highest BCUT2D eigenvalue weighted by molar-refractivity contribution is 8.13. The first-order valence-corrected chi connectivity index (χ1v) is 12.5. The van der Waals surface area contributed by atoms with Crippen LogP contribution in [0, 0.1) is 0 Å². The highest BCUT2D eigenvalue weighted by Gasteiger charge is 2.29. The molecule has 7 heteroatoms. The van der Waals surface area contributed by atoms with Crippen LogP contribution < -0.4 is 15.8 Å². The normalized spacial score (nSPS) is 18.1. The second-order valence-electron chi connectivity index (χ2n) is 8.68. The maximum absolute atomic E-state index is 12.7. The maximum Gasteiger partial charge on any atom is 0.262 e. The smallest absolute Gasteiger partial charge is 0.262 e. The number of aromatic nitrogens is 1. The van der Waals surface area contributed by atoms with Crippen molar-refractivity contribution < 1.29 is 9.53 Å². The molecule has 0 saturated heterocycles. The van der Waals surface area contributed by atoms with E-state index in [-0.39, 0.29) is 18.1 Å². The Kier molecular flexibility index (Phi) is 5.96. The first-order chi connectivity index (χ1) is 16.5. The first kappa shape index (κ1) is 22.3. The molecule has 3 aromatic carbocycles. The molecule has 4 aromatic rings. The van der Waals surface area contributed by atoms with Crippen LogP contribution in [0.5, 0.6) is 5.75 Å². The summed E-state index contributed by atoms with van der Waals surface area (Å²) in [7, 11) is 0. The molecule has 5 rings (SSSR count). The van der Waals surface area contributed by atoms with Gasteiger partial charge in [-0.1, -0.05) is 42.1 Å². The molecule has 0 fully saturated rings. The van der Waals surface area contributed by atoms with Gasteiger partial charge >= 0.3 is 0 Å². The van der Waals surface area contributed by atoms with Gasteiger partial charge in [-0.25, -0.2) is 0 Å². The number of aryl methyl sites for hydroxylation is 1. The summed E-state index contributed by atoms with van der Waals surface area (Å²) < 4.78 is 8.11. The number of thioether (sulfide) groups is 1. The van der Waals surface area contributed by atoms with E-state index in [2.05, 4.69) is 53.0 Å². The minimum atomic E-state index is -0.371. The first-order valence-electron chi connectivity index (χ1n) is 11.5. The highest BCUT2D eigenvalue weighted by atomic mass is 32.2. The SMILES string of the molecule is CCn1c2ccccc2c2cc(NC(=O)COc3cccc(C4(C)CCSC(N)=N4)c3)ccc21. The quantitative estimate of drug-likeness (QED) is 0.388. The predicted octanol–water partition coefficient (Wildman–Crippen LogP) is 5.50. The number of hydrogen-bond acceptors (Lipinski definition) is 5. The molecule has 1 atom stereocenters. The number of benzene rings is 3. The number of fused-ring (bicyclic) bond motifs is 3. The Labute approximate surface area is 203 Å². The van der Waals surface area contributed by atoms with Crippen LogP contribution in [0.4, 0.5) is 5.69 Å². The van der Waals surface area contributed by atoms with Crippen LogP contribution in [0.1, 0.15) is 25.8 Å². The summed E-state index contributed by atoms with van der Waals surface area (Å²) >= 11 is 1.58. The average molecular weight is 473 g/mol. The summed E-state index contributed by atoms with van der Waals surface area (Å²) in [5, 5.41) is 5.89. The minimum Gasteiger partial charge on any atom is -0.484 e. The van der Waals surface area contributed by atoms with Crippen LogP contribution in [0.3, 0.4) is 0 Å². The number of nitrogens with one attached hydrogen (secondary N) is 1. The van der Waals surface area contributed by atoms with Gasteiger partial charge in [0, 0.05) is 39.8 Å². The fourth-order valence-electron chi connectivity index (χ4n) is 4.63. The standard InChI is InChI=1S/C27H28N4O2S/c1-3-31-23-10-5-4-9-21(23)22-16-19(11-12-24(22)31)29-25(32)17-33-20-8-6-7-18(15-20)27(2)13-14-34-26(28)30-27/h4-12,15-16H,3,13-14,17H2,1-2H3,(H2,28,30)(H,29,32). The number of aliphatic imine (C=N–C) groups is 1. The van der Waals surface area contributed by atoms with Gasteiger partial charge in [-0.15, -0.1) is 0 Å². The molecule has 1 unspecified atom stereocenters. The molecular formula is C27H28N4O2S. The molecule has 0 radical (unpaired) electrons. The number of para-hydroxylation sites is 1. The van der Waals surface area contributed by atoms with Gasteiger partial charge in [-0.3, -0.25) is 9.79 Å². The molecule has 0 bridgehead atoms. The number of hydrogen-bond donors (Lipinski definition) is 2. The lowest BCUT2D eigenvalue weighted by molar-refractivity contribution is -0.118. The fourth-order valence-corrected chi connectivity index (χ4v) is 5.61. The van der Waals surface area contributed by atoms with E-state index in [0.717, 1.165) is 40.9 Å². The lowest BCUT2D eigenvalue weighted by Crippen LogP contribution is -2.28. The summed E-state index contributed by atoms with van der Waals surface area (Å²) in [5.41, 5.74) is 9.73. The van der Waals surface area contributed by atoms with Crippen molar-refractivity contribution >= 4 is 50.3 Å². The largest absolute Gasteiger partial charge is 0.484 e. The van der Waals surface area contributed by atoms with Gasteiger partial charge in [0.15, 0.2) is 11.8 Å². The number of anilines is 1. The molecule has 3 N–H and O–H groups in total. The van der Waals surface area contributed by atoms with E-state index in [4.69, 9.17) is 10.5 Å². The number of carbonyl (C=O) groups is 1. The third-order valence-corrected chi connectivity index (χ3v) is 7.19. The molecule has 0 spiro atoms. The van der Waals surface area contributed by atoms with Crippen molar-refractivity contribution in [1.29, 1.82) is 0 Å². The molecule has 1 aromatic heterocycles. The molecule has 1 amide bonds. The van der Waals surface area contributed by atoms with E-state index < -0.39 is 0 Å². The Morgan fingerprint density at radius 2 is 1.94 bits per heavy atom. The van der Waals surface area contributed by atoms with E-state index in [0.29, 0.717) is 10.9 Å². The maximum atomic E-state index is 12.7. The van der Waals surface area contributed by atoms with Crippen LogP contribution in [0.15, 0.2) is 71.7 Å². The Morgan fingerprint density at radius 1 is 1.12 bits per heavy atom. The zero-order chi connectivity index (χ0) is 23.7. The zero-order valence-corrected chi connectivity index (χ0v) is 20.2. The number of nitrogens with two attached hydrogens (primary N) is 1. The van der Waals surface area contributed by atoms with Gasteiger partial charge < -0.3 is 20.4 Å². The molecule has 1 aliphatic heterocycles. The minimum absolute atomic E-state index is 0.0732. The number of amidine groups is 1. The van der Waals surface area contributed by atoms with Crippen LogP contribution in [0.25, 0.3) is 21.8 Å². The Morgan fingerprint density at radius 3 is 2.76 bits per heavy atom. The van der Waals surface area contributed by atoms with Crippen LogP contribution in [0.2, 0.25) is 0 Å². The summed E-state index contributed by atoms with van der Waals surface area (Å²) in [6.07, 6.45) is 0.902. The van der Waals surface area contributed by atoms with Gasteiger partial charge in [0.2, 0.25) is 0 Å². The van der Waals surface area contributed by atoms with Crippen LogP contribution in [-0.2, 0) is 16.9 Å². The van der Waals surface area contributed by atoms with E-state index in [1.54, 1.807) is 11.8 Å². The van der Waals surface area contributed by atoms with Crippen LogP contribution in [-0.4, -0.2) is 28.0 Å². The monoisotopic (exact) mass is 472 g/mol. The van der Waals surface area contributed by atoms with Crippen molar-refractivity contribution in [2.75, 3.05) is 17.7 Å². The third kappa shape index (κ3) is 4.23. The molecular weight excluding hydrogens is 444 g/mol. The van der Waals surface area contributed by atoms with E-state index in [1.165, 1.54) is 10.9 Å². The van der Waals surface area contributed by atoms with E-state index in [9.17, 15) is 4.79 Å². The summed E-state index contributed by atoms with van der Waals surface area (Å²) in [4.78, 5) is 17.3. The second kappa shape index (κ2) is 9.06. The van der Waals surface area contributed by atoms with Crippen molar-refractivity contribution in [3.8, 4) is 5.75 Å². The predicted molar refractivity (Wildman–Crippen MR) is 142 cm³/mol. The number of carbonyl (C=O) groups excluding carboxylic acids is 1. The van der Waals surface area contributed by atoms with Crippen molar-refractivity contribution in [2.45, 2.75) is 32.4 Å². The molecule has 174 valence electrons. The molecule has 6 nitrogen and oxygen atoms in total. The van der Waals surface area contributed by atoms with Crippen molar-refractivity contribution in [1.82, 2.24) is 4.57 Å². The number of nitrogens with zero attached hydrogens (tertiary/aromatic N) is 2. The lowest BCUT2D eigenvalue weighted by atomic mass is 9.90. The second-order valence-corrected chi connectivity index (χ2v) is 9.80. The van der Waals surface area contributed by atoms with E-state index >= 15 is 0 Å². The zero-order valence-electron chi connectivity index (χ0n) is 19.4.